The van der Waals surface area contributed by atoms with E-state index in [9.17, 15) is 10.1 Å². The van der Waals surface area contributed by atoms with E-state index in [1.807, 2.05) is 48.6 Å². The van der Waals surface area contributed by atoms with E-state index in [0.717, 1.165) is 11.1 Å². The molecule has 0 radical (unpaired) electrons. The lowest BCUT2D eigenvalue weighted by Crippen LogP contribution is -1.87. The van der Waals surface area contributed by atoms with Crippen LogP contribution in [0.25, 0.3) is 12.2 Å². The van der Waals surface area contributed by atoms with Gasteiger partial charge in [-0.05, 0) is 11.1 Å². The Morgan fingerprint density at radius 3 is 2.24 bits per heavy atom. The Morgan fingerprint density at radius 1 is 0.882 bits per heavy atom. The van der Waals surface area contributed by atoms with E-state index in [2.05, 4.69) is 0 Å². The molecule has 0 bridgehead atoms. The normalized spacial score (nSPS) is 10.6. The van der Waals surface area contributed by atoms with Crippen LogP contribution in [-0.4, -0.2) is 4.92 Å². The van der Waals surface area contributed by atoms with Crippen LogP contribution in [0.3, 0.4) is 0 Å². The number of non-ortho nitro benzene ring substituents is 1. The molecular weight excluding hydrogens is 214 g/mol. The average Bonchev–Trinajstić information content (AvgIpc) is 2.38. The van der Waals surface area contributed by atoms with Gasteiger partial charge < -0.3 is 0 Å². The van der Waals surface area contributed by atoms with Gasteiger partial charge in [-0.15, -0.1) is 0 Å². The zero-order valence-corrected chi connectivity index (χ0v) is 9.11. The van der Waals surface area contributed by atoms with E-state index in [0.29, 0.717) is 0 Å². The van der Waals surface area contributed by atoms with E-state index < -0.39 is 0 Å². The maximum Gasteiger partial charge on any atom is 0.270 e. The number of hydrogen-bond donors (Lipinski definition) is 0. The highest BCUT2D eigenvalue weighted by Gasteiger charge is 2.03. The van der Waals surface area contributed by atoms with Crippen LogP contribution in [0.5, 0.6) is 0 Å². The lowest BCUT2D eigenvalue weighted by atomic mass is 10.1. The van der Waals surface area contributed by atoms with Crippen molar-refractivity contribution in [1.82, 2.24) is 0 Å². The van der Waals surface area contributed by atoms with Gasteiger partial charge in [0, 0.05) is 12.1 Å². The molecule has 0 aliphatic carbocycles. The number of nitrogens with zero attached hydrogens (tertiary/aromatic N) is 1. The summed E-state index contributed by atoms with van der Waals surface area (Å²) < 4.78 is 0. The molecule has 0 atom stereocenters. The summed E-state index contributed by atoms with van der Waals surface area (Å²) in [4.78, 5) is 10.2. The minimum atomic E-state index is -0.389. The van der Waals surface area contributed by atoms with Crippen LogP contribution in [0, 0.1) is 10.1 Å². The zero-order valence-electron chi connectivity index (χ0n) is 9.11. The molecule has 3 nitrogen and oxygen atoms in total. The molecule has 3 heteroatoms. The fourth-order valence-corrected chi connectivity index (χ4v) is 1.50. The predicted octanol–water partition coefficient (Wildman–Crippen LogP) is 3.77. The van der Waals surface area contributed by atoms with Crippen LogP contribution >= 0.6 is 0 Å². The summed E-state index contributed by atoms with van der Waals surface area (Å²) in [5.74, 6) is 0. The summed E-state index contributed by atoms with van der Waals surface area (Å²) in [5.41, 5.74) is 2.00. The summed E-state index contributed by atoms with van der Waals surface area (Å²) in [6, 6.07) is 16.4. The lowest BCUT2D eigenvalue weighted by molar-refractivity contribution is -0.384. The molecule has 0 saturated carbocycles. The van der Waals surface area contributed by atoms with E-state index in [4.69, 9.17) is 0 Å². The third-order valence-electron chi connectivity index (χ3n) is 2.35. The zero-order chi connectivity index (χ0) is 12.1. The summed E-state index contributed by atoms with van der Waals surface area (Å²) >= 11 is 0. The lowest BCUT2D eigenvalue weighted by Gasteiger charge is -1.95. The van der Waals surface area contributed by atoms with Gasteiger partial charge in [0.25, 0.3) is 5.69 Å². The maximum atomic E-state index is 10.6. The summed E-state index contributed by atoms with van der Waals surface area (Å²) in [6.07, 6.45) is 3.79. The van der Waals surface area contributed by atoms with Crippen molar-refractivity contribution in [2.75, 3.05) is 0 Å². The Morgan fingerprint density at radius 2 is 1.53 bits per heavy atom. The first-order chi connectivity index (χ1) is 8.25. The van der Waals surface area contributed by atoms with Crippen LogP contribution in [-0.2, 0) is 0 Å². The molecule has 0 aromatic heterocycles. The monoisotopic (exact) mass is 225 g/mol. The Bertz CT molecular complexity index is 547. The third kappa shape index (κ3) is 3.01. The number of nitro groups is 1. The molecule has 0 fully saturated rings. The highest BCUT2D eigenvalue weighted by molar-refractivity contribution is 5.70. The van der Waals surface area contributed by atoms with Crippen molar-refractivity contribution in [3.63, 3.8) is 0 Å². The first-order valence-corrected chi connectivity index (χ1v) is 5.23. The molecule has 0 heterocycles. The molecule has 0 spiro atoms. The van der Waals surface area contributed by atoms with Gasteiger partial charge in [-0.2, -0.15) is 0 Å². The molecule has 0 N–H and O–H groups in total. The molecule has 2 aromatic carbocycles. The number of hydrogen-bond acceptors (Lipinski definition) is 2. The number of benzene rings is 2. The molecule has 17 heavy (non-hydrogen) atoms. The number of rotatable bonds is 3. The van der Waals surface area contributed by atoms with Gasteiger partial charge in [0.05, 0.1) is 4.92 Å². The fourth-order valence-electron chi connectivity index (χ4n) is 1.50. The number of nitro benzene ring substituents is 1. The topological polar surface area (TPSA) is 43.1 Å². The quantitative estimate of drug-likeness (QED) is 0.453. The molecule has 0 aliphatic rings. The smallest absolute Gasteiger partial charge is 0.258 e. The van der Waals surface area contributed by atoms with Gasteiger partial charge in [-0.25, -0.2) is 0 Å². The molecule has 84 valence electrons. The van der Waals surface area contributed by atoms with Crippen molar-refractivity contribution in [2.24, 2.45) is 0 Å². The van der Waals surface area contributed by atoms with Crippen molar-refractivity contribution in [1.29, 1.82) is 0 Å². The second-order valence-electron chi connectivity index (χ2n) is 3.60. The highest BCUT2D eigenvalue weighted by atomic mass is 16.6. The SMILES string of the molecule is O=[N+]([O-])c1cccc(/C=C\c2ccccc2)c1. The molecule has 0 amide bonds. The van der Waals surface area contributed by atoms with Crippen molar-refractivity contribution >= 4 is 17.8 Å². The minimum Gasteiger partial charge on any atom is -0.258 e. The fraction of sp³-hybridized carbons (Fsp3) is 0. The van der Waals surface area contributed by atoms with Gasteiger partial charge in [0.2, 0.25) is 0 Å². The van der Waals surface area contributed by atoms with Gasteiger partial charge in [0.15, 0.2) is 0 Å². The predicted molar refractivity (Wildman–Crippen MR) is 68.5 cm³/mol. The first-order valence-electron chi connectivity index (χ1n) is 5.23. The standard InChI is InChI=1S/C14H11NO2/c16-15(17)14-8-4-7-13(11-14)10-9-12-5-2-1-3-6-12/h1-11H/b10-9-. The Labute approximate surface area is 99.2 Å². The van der Waals surface area contributed by atoms with Gasteiger partial charge in [-0.3, -0.25) is 10.1 Å². The van der Waals surface area contributed by atoms with Gasteiger partial charge >= 0.3 is 0 Å². The highest BCUT2D eigenvalue weighted by Crippen LogP contribution is 2.15. The second-order valence-corrected chi connectivity index (χ2v) is 3.60. The van der Waals surface area contributed by atoms with Gasteiger partial charge in [0.1, 0.15) is 0 Å². The Kier molecular flexibility index (Phi) is 3.31. The molecule has 0 aliphatic heterocycles. The maximum absolute atomic E-state index is 10.6. The van der Waals surface area contributed by atoms with E-state index in [1.165, 1.54) is 6.07 Å². The van der Waals surface area contributed by atoms with Crippen LogP contribution in [0.1, 0.15) is 11.1 Å². The largest absolute Gasteiger partial charge is 0.270 e. The van der Waals surface area contributed by atoms with E-state index in [1.54, 1.807) is 12.1 Å². The Hall–Kier alpha value is -2.42. The molecule has 0 unspecified atom stereocenters. The van der Waals surface area contributed by atoms with Crippen molar-refractivity contribution < 1.29 is 4.92 Å². The summed E-state index contributed by atoms with van der Waals surface area (Å²) in [7, 11) is 0. The van der Waals surface area contributed by atoms with Gasteiger partial charge in [-0.1, -0.05) is 54.6 Å². The minimum absolute atomic E-state index is 0.111. The summed E-state index contributed by atoms with van der Waals surface area (Å²) in [5, 5.41) is 10.6. The van der Waals surface area contributed by atoms with E-state index in [-0.39, 0.29) is 10.6 Å². The second kappa shape index (κ2) is 5.07. The van der Waals surface area contributed by atoms with Crippen molar-refractivity contribution in [2.45, 2.75) is 0 Å². The molecule has 2 rings (SSSR count). The van der Waals surface area contributed by atoms with Crippen LogP contribution in [0.15, 0.2) is 54.6 Å². The average molecular weight is 225 g/mol. The molecule has 0 saturated heterocycles. The Balaban J connectivity index is 2.22. The third-order valence-corrected chi connectivity index (χ3v) is 2.35. The van der Waals surface area contributed by atoms with Crippen LogP contribution in [0.4, 0.5) is 5.69 Å². The summed E-state index contributed by atoms with van der Waals surface area (Å²) in [6.45, 7) is 0. The van der Waals surface area contributed by atoms with Crippen LogP contribution < -0.4 is 0 Å². The van der Waals surface area contributed by atoms with Crippen molar-refractivity contribution in [3.05, 3.63) is 75.8 Å². The van der Waals surface area contributed by atoms with Crippen molar-refractivity contribution in [3.8, 4) is 0 Å². The van der Waals surface area contributed by atoms with Crippen LogP contribution in [0.2, 0.25) is 0 Å². The van der Waals surface area contributed by atoms with E-state index >= 15 is 0 Å². The first kappa shape index (κ1) is 11.1. The molecule has 2 aromatic rings. The molecular formula is C14H11NO2.